The van der Waals surface area contributed by atoms with E-state index in [1.54, 1.807) is 10.9 Å². The van der Waals surface area contributed by atoms with Crippen molar-refractivity contribution in [2.75, 3.05) is 0 Å². The van der Waals surface area contributed by atoms with Gasteiger partial charge >= 0.3 is 0 Å². The van der Waals surface area contributed by atoms with Crippen LogP contribution in [0.1, 0.15) is 23.0 Å². The quantitative estimate of drug-likeness (QED) is 0.795. The van der Waals surface area contributed by atoms with Gasteiger partial charge in [-0.25, -0.2) is 0 Å². The summed E-state index contributed by atoms with van der Waals surface area (Å²) in [7, 11) is 1.87. The number of pyridine rings is 1. The van der Waals surface area contributed by atoms with Crippen molar-refractivity contribution in [3.05, 3.63) is 47.5 Å². The predicted octanol–water partition coefficient (Wildman–Crippen LogP) is 1.17. The van der Waals surface area contributed by atoms with Gasteiger partial charge in [0.1, 0.15) is 0 Å². The van der Waals surface area contributed by atoms with Crippen LogP contribution in [0.3, 0.4) is 0 Å². The lowest BCUT2D eigenvalue weighted by molar-refractivity contribution is 0.763. The zero-order valence-corrected chi connectivity index (χ0v) is 8.88. The minimum absolute atomic E-state index is 0.196. The molecule has 0 aliphatic heterocycles. The minimum atomic E-state index is -0.196. The summed E-state index contributed by atoms with van der Waals surface area (Å²) in [5.74, 6) is 0. The average molecular weight is 202 g/mol. The van der Waals surface area contributed by atoms with Crippen LogP contribution in [0.5, 0.6) is 0 Å². The summed E-state index contributed by atoms with van der Waals surface area (Å²) < 4.78 is 1.74. The van der Waals surface area contributed by atoms with Crippen LogP contribution in [0.2, 0.25) is 0 Å². The Labute approximate surface area is 88.8 Å². The lowest BCUT2D eigenvalue weighted by Gasteiger charge is -2.08. The van der Waals surface area contributed by atoms with Crippen molar-refractivity contribution in [3.8, 4) is 0 Å². The molecule has 0 fully saturated rings. The van der Waals surface area contributed by atoms with Crippen LogP contribution < -0.4 is 5.73 Å². The first-order chi connectivity index (χ1) is 7.16. The molecule has 15 heavy (non-hydrogen) atoms. The van der Waals surface area contributed by atoms with Gasteiger partial charge in [-0.3, -0.25) is 9.67 Å². The number of nitrogens with two attached hydrogens (primary N) is 1. The molecule has 2 rings (SSSR count). The fourth-order valence-electron chi connectivity index (χ4n) is 1.51. The Morgan fingerprint density at radius 1 is 1.40 bits per heavy atom. The molecule has 2 N–H and O–H groups in total. The summed E-state index contributed by atoms with van der Waals surface area (Å²) in [4.78, 5) is 4.40. The molecule has 2 aromatic heterocycles. The first-order valence-electron chi connectivity index (χ1n) is 4.84. The SMILES string of the molecule is Cc1cccc(C(N)c2cnn(C)c2)n1. The average Bonchev–Trinajstić information content (AvgIpc) is 2.64. The van der Waals surface area contributed by atoms with Gasteiger partial charge < -0.3 is 5.73 Å². The second kappa shape index (κ2) is 3.82. The van der Waals surface area contributed by atoms with Crippen molar-refractivity contribution < 1.29 is 0 Å². The molecule has 0 aliphatic carbocycles. The van der Waals surface area contributed by atoms with Crippen molar-refractivity contribution in [2.45, 2.75) is 13.0 Å². The van der Waals surface area contributed by atoms with Crippen LogP contribution in [-0.2, 0) is 7.05 Å². The number of hydrogen-bond donors (Lipinski definition) is 1. The molecule has 1 atom stereocenters. The zero-order chi connectivity index (χ0) is 10.8. The molecule has 2 aromatic rings. The fourth-order valence-corrected chi connectivity index (χ4v) is 1.51. The molecule has 0 aromatic carbocycles. The van der Waals surface area contributed by atoms with Crippen molar-refractivity contribution >= 4 is 0 Å². The highest BCUT2D eigenvalue weighted by Gasteiger charge is 2.11. The first kappa shape index (κ1) is 9.86. The second-order valence-corrected chi connectivity index (χ2v) is 3.63. The maximum Gasteiger partial charge on any atom is 0.0757 e. The third-order valence-electron chi connectivity index (χ3n) is 2.31. The van der Waals surface area contributed by atoms with E-state index in [0.717, 1.165) is 17.0 Å². The lowest BCUT2D eigenvalue weighted by atomic mass is 10.1. The molecule has 0 saturated carbocycles. The Bertz CT molecular complexity index is 461. The summed E-state index contributed by atoms with van der Waals surface area (Å²) in [6, 6.07) is 5.66. The molecule has 78 valence electrons. The van der Waals surface area contributed by atoms with Gasteiger partial charge in [0.25, 0.3) is 0 Å². The van der Waals surface area contributed by atoms with Gasteiger partial charge in [-0.2, -0.15) is 5.10 Å². The summed E-state index contributed by atoms with van der Waals surface area (Å²) in [5, 5.41) is 4.09. The molecule has 1 unspecified atom stereocenters. The third kappa shape index (κ3) is 2.05. The highest BCUT2D eigenvalue weighted by Crippen LogP contribution is 2.16. The highest BCUT2D eigenvalue weighted by molar-refractivity contribution is 5.24. The van der Waals surface area contributed by atoms with Crippen molar-refractivity contribution in [3.63, 3.8) is 0 Å². The standard InChI is InChI=1S/C11H14N4/c1-8-4-3-5-10(14-8)11(12)9-6-13-15(2)7-9/h3-7,11H,12H2,1-2H3. The summed E-state index contributed by atoms with van der Waals surface area (Å²) in [6.45, 7) is 1.96. The largest absolute Gasteiger partial charge is 0.319 e. The fraction of sp³-hybridized carbons (Fsp3) is 0.273. The summed E-state index contributed by atoms with van der Waals surface area (Å²) in [5.41, 5.74) is 8.92. The van der Waals surface area contributed by atoms with E-state index in [1.165, 1.54) is 0 Å². The van der Waals surface area contributed by atoms with Crippen LogP contribution in [0.4, 0.5) is 0 Å². The van der Waals surface area contributed by atoms with E-state index >= 15 is 0 Å². The Morgan fingerprint density at radius 2 is 2.20 bits per heavy atom. The van der Waals surface area contributed by atoms with Crippen LogP contribution in [-0.4, -0.2) is 14.8 Å². The topological polar surface area (TPSA) is 56.7 Å². The van der Waals surface area contributed by atoms with E-state index < -0.39 is 0 Å². The van der Waals surface area contributed by atoms with Gasteiger partial charge in [0, 0.05) is 24.5 Å². The van der Waals surface area contributed by atoms with E-state index in [1.807, 2.05) is 38.4 Å². The molecule has 0 amide bonds. The predicted molar refractivity (Wildman–Crippen MR) is 58.2 cm³/mol. The van der Waals surface area contributed by atoms with E-state index in [2.05, 4.69) is 10.1 Å². The normalized spacial score (nSPS) is 12.7. The van der Waals surface area contributed by atoms with Crippen LogP contribution >= 0.6 is 0 Å². The zero-order valence-electron chi connectivity index (χ0n) is 8.88. The van der Waals surface area contributed by atoms with E-state index in [0.29, 0.717) is 0 Å². The number of aromatic nitrogens is 3. The van der Waals surface area contributed by atoms with Gasteiger partial charge in [-0.1, -0.05) is 6.07 Å². The molecule has 0 bridgehead atoms. The number of nitrogens with zero attached hydrogens (tertiary/aromatic N) is 3. The maximum absolute atomic E-state index is 6.08. The van der Waals surface area contributed by atoms with Crippen molar-refractivity contribution in [1.82, 2.24) is 14.8 Å². The number of aryl methyl sites for hydroxylation is 2. The Balaban J connectivity index is 2.32. The number of hydrogen-bond acceptors (Lipinski definition) is 3. The van der Waals surface area contributed by atoms with Crippen molar-refractivity contribution in [2.24, 2.45) is 12.8 Å². The molecular weight excluding hydrogens is 188 g/mol. The number of rotatable bonds is 2. The van der Waals surface area contributed by atoms with E-state index in [9.17, 15) is 0 Å². The Kier molecular flexibility index (Phi) is 2.51. The minimum Gasteiger partial charge on any atom is -0.319 e. The third-order valence-corrected chi connectivity index (χ3v) is 2.31. The van der Waals surface area contributed by atoms with Gasteiger partial charge in [0.15, 0.2) is 0 Å². The van der Waals surface area contributed by atoms with E-state index in [4.69, 9.17) is 5.73 Å². The molecule has 2 heterocycles. The van der Waals surface area contributed by atoms with Crippen LogP contribution in [0.25, 0.3) is 0 Å². The second-order valence-electron chi connectivity index (χ2n) is 3.63. The molecule has 0 spiro atoms. The molecule has 0 saturated heterocycles. The smallest absolute Gasteiger partial charge is 0.0757 e. The lowest BCUT2D eigenvalue weighted by Crippen LogP contribution is -2.13. The van der Waals surface area contributed by atoms with E-state index in [-0.39, 0.29) is 6.04 Å². The van der Waals surface area contributed by atoms with Crippen LogP contribution in [0.15, 0.2) is 30.6 Å². The first-order valence-corrected chi connectivity index (χ1v) is 4.84. The Morgan fingerprint density at radius 3 is 2.80 bits per heavy atom. The van der Waals surface area contributed by atoms with Crippen molar-refractivity contribution in [1.29, 1.82) is 0 Å². The van der Waals surface area contributed by atoms with Gasteiger partial charge in [-0.05, 0) is 19.1 Å². The molecule has 0 radical (unpaired) electrons. The molecule has 0 aliphatic rings. The Hall–Kier alpha value is -1.68. The molecular formula is C11H14N4. The van der Waals surface area contributed by atoms with Gasteiger partial charge in [0.2, 0.25) is 0 Å². The maximum atomic E-state index is 6.08. The monoisotopic (exact) mass is 202 g/mol. The molecule has 4 heteroatoms. The van der Waals surface area contributed by atoms with Gasteiger partial charge in [0.05, 0.1) is 17.9 Å². The summed E-state index contributed by atoms with van der Waals surface area (Å²) >= 11 is 0. The van der Waals surface area contributed by atoms with Gasteiger partial charge in [-0.15, -0.1) is 0 Å². The summed E-state index contributed by atoms with van der Waals surface area (Å²) in [6.07, 6.45) is 3.68. The molecule has 4 nitrogen and oxygen atoms in total. The highest BCUT2D eigenvalue weighted by atomic mass is 15.2. The van der Waals surface area contributed by atoms with Crippen LogP contribution in [0, 0.1) is 6.92 Å².